The van der Waals surface area contributed by atoms with E-state index in [4.69, 9.17) is 16.3 Å². The second-order valence-corrected chi connectivity index (χ2v) is 5.82. The zero-order valence-electron chi connectivity index (χ0n) is 13.2. The third-order valence-electron chi connectivity index (χ3n) is 3.66. The predicted molar refractivity (Wildman–Crippen MR) is 94.3 cm³/mol. The average molecular weight is 352 g/mol. The van der Waals surface area contributed by atoms with Gasteiger partial charge < -0.3 is 9.30 Å². The van der Waals surface area contributed by atoms with Gasteiger partial charge in [-0.2, -0.15) is 0 Å². The van der Waals surface area contributed by atoms with Gasteiger partial charge in [-0.25, -0.2) is 9.67 Å². The second kappa shape index (κ2) is 6.78. The first-order chi connectivity index (χ1) is 12.3. The number of hydrogen-bond acceptors (Lipinski definition) is 4. The van der Waals surface area contributed by atoms with E-state index in [1.807, 2.05) is 53.4 Å². The molecule has 2 heterocycles. The fraction of sp³-hybridized carbons (Fsp3) is 0.0556. The maximum atomic E-state index is 5.86. The van der Waals surface area contributed by atoms with Gasteiger partial charge in [0.15, 0.2) is 0 Å². The molecule has 2 aromatic carbocycles. The Morgan fingerprint density at radius 3 is 2.44 bits per heavy atom. The molecule has 0 aliphatic carbocycles. The van der Waals surface area contributed by atoms with Crippen LogP contribution in [0.2, 0.25) is 5.02 Å². The zero-order valence-corrected chi connectivity index (χ0v) is 13.9. The Balaban J connectivity index is 1.44. The number of nitrogens with zero attached hydrogens (tertiary/aromatic N) is 5. The summed E-state index contributed by atoms with van der Waals surface area (Å²) in [7, 11) is 0. The van der Waals surface area contributed by atoms with Crippen LogP contribution in [0.1, 0.15) is 5.69 Å². The summed E-state index contributed by atoms with van der Waals surface area (Å²) in [5.74, 6) is 0.739. The van der Waals surface area contributed by atoms with E-state index in [-0.39, 0.29) is 0 Å². The lowest BCUT2D eigenvalue weighted by Crippen LogP contribution is -1.96. The summed E-state index contributed by atoms with van der Waals surface area (Å²) < 4.78 is 9.34. The highest BCUT2D eigenvalue weighted by Crippen LogP contribution is 2.17. The van der Waals surface area contributed by atoms with Crippen molar-refractivity contribution in [2.24, 2.45) is 0 Å². The van der Waals surface area contributed by atoms with E-state index in [9.17, 15) is 0 Å². The minimum Gasteiger partial charge on any atom is -0.487 e. The van der Waals surface area contributed by atoms with Crippen molar-refractivity contribution < 1.29 is 4.74 Å². The Labute approximate surface area is 149 Å². The van der Waals surface area contributed by atoms with E-state index < -0.39 is 0 Å². The SMILES string of the molecule is Clc1ccc(OCc2cn(-c3ccc(-n4ccnc4)cc3)nn2)cc1. The Morgan fingerprint density at radius 2 is 1.72 bits per heavy atom. The van der Waals surface area contributed by atoms with Crippen molar-refractivity contribution in [3.63, 3.8) is 0 Å². The molecule has 25 heavy (non-hydrogen) atoms. The molecule has 0 fully saturated rings. The van der Waals surface area contributed by atoms with Gasteiger partial charge in [0, 0.05) is 23.1 Å². The summed E-state index contributed by atoms with van der Waals surface area (Å²) in [5.41, 5.74) is 2.70. The van der Waals surface area contributed by atoms with Gasteiger partial charge in [0.05, 0.1) is 18.2 Å². The molecule has 4 rings (SSSR count). The first kappa shape index (κ1) is 15.4. The van der Waals surface area contributed by atoms with Gasteiger partial charge in [0.1, 0.15) is 18.1 Å². The minimum atomic E-state index is 0.342. The second-order valence-electron chi connectivity index (χ2n) is 5.38. The van der Waals surface area contributed by atoms with Gasteiger partial charge in [0.25, 0.3) is 0 Å². The number of benzene rings is 2. The summed E-state index contributed by atoms with van der Waals surface area (Å²) in [5, 5.41) is 8.97. The molecular formula is C18H14ClN5O. The molecule has 0 bridgehead atoms. The standard InChI is InChI=1S/C18H14ClN5O/c19-14-1-7-18(8-2-14)25-12-15-11-24(22-21-15)17-5-3-16(4-6-17)23-10-9-20-13-23/h1-11,13H,12H2. The van der Waals surface area contributed by atoms with Crippen molar-refractivity contribution in [2.75, 3.05) is 0 Å². The van der Waals surface area contributed by atoms with E-state index in [0.29, 0.717) is 11.6 Å². The predicted octanol–water partition coefficient (Wildman–Crippen LogP) is 3.69. The quantitative estimate of drug-likeness (QED) is 0.550. The molecule has 0 amide bonds. The Bertz CT molecular complexity index is 946. The molecule has 0 saturated carbocycles. The van der Waals surface area contributed by atoms with E-state index in [1.165, 1.54) is 0 Å². The van der Waals surface area contributed by atoms with Crippen molar-refractivity contribution >= 4 is 11.6 Å². The van der Waals surface area contributed by atoms with Gasteiger partial charge >= 0.3 is 0 Å². The molecule has 0 atom stereocenters. The highest BCUT2D eigenvalue weighted by atomic mass is 35.5. The van der Waals surface area contributed by atoms with Crippen LogP contribution in [0.15, 0.2) is 73.4 Å². The number of ether oxygens (including phenoxy) is 1. The normalized spacial score (nSPS) is 10.8. The van der Waals surface area contributed by atoms with Crippen LogP contribution >= 0.6 is 11.6 Å². The largest absolute Gasteiger partial charge is 0.487 e. The summed E-state index contributed by atoms with van der Waals surface area (Å²) in [6.45, 7) is 0.342. The molecule has 0 aliphatic heterocycles. The fourth-order valence-electron chi connectivity index (χ4n) is 2.37. The van der Waals surface area contributed by atoms with Crippen LogP contribution < -0.4 is 4.74 Å². The third-order valence-corrected chi connectivity index (χ3v) is 3.91. The van der Waals surface area contributed by atoms with Crippen LogP contribution in [0, 0.1) is 0 Å². The summed E-state index contributed by atoms with van der Waals surface area (Å²) >= 11 is 5.86. The van der Waals surface area contributed by atoms with Crippen molar-refractivity contribution in [1.29, 1.82) is 0 Å². The highest BCUT2D eigenvalue weighted by Gasteiger charge is 2.05. The van der Waals surface area contributed by atoms with Crippen molar-refractivity contribution in [1.82, 2.24) is 24.5 Å². The van der Waals surface area contributed by atoms with Crippen LogP contribution in [-0.2, 0) is 6.61 Å². The highest BCUT2D eigenvalue weighted by molar-refractivity contribution is 6.30. The van der Waals surface area contributed by atoms with Crippen molar-refractivity contribution in [3.8, 4) is 17.1 Å². The zero-order chi connectivity index (χ0) is 17.1. The molecule has 7 heteroatoms. The van der Waals surface area contributed by atoms with Crippen molar-refractivity contribution in [2.45, 2.75) is 6.61 Å². The van der Waals surface area contributed by atoms with Crippen LogP contribution in [0.4, 0.5) is 0 Å². The van der Waals surface area contributed by atoms with E-state index >= 15 is 0 Å². The number of aromatic nitrogens is 5. The fourth-order valence-corrected chi connectivity index (χ4v) is 2.49. The lowest BCUT2D eigenvalue weighted by Gasteiger charge is -2.04. The Morgan fingerprint density at radius 1 is 0.960 bits per heavy atom. The van der Waals surface area contributed by atoms with Crippen LogP contribution in [-0.4, -0.2) is 24.5 Å². The number of halogens is 1. The maximum Gasteiger partial charge on any atom is 0.134 e. The Kier molecular flexibility index (Phi) is 4.18. The van der Waals surface area contributed by atoms with Crippen LogP contribution in [0.3, 0.4) is 0 Å². The molecule has 0 aliphatic rings. The molecule has 124 valence electrons. The van der Waals surface area contributed by atoms with Gasteiger partial charge in [0.2, 0.25) is 0 Å². The molecule has 6 nitrogen and oxygen atoms in total. The molecule has 2 aromatic heterocycles. The topological polar surface area (TPSA) is 57.8 Å². The first-order valence-electron chi connectivity index (χ1n) is 7.66. The lowest BCUT2D eigenvalue weighted by atomic mass is 10.3. The summed E-state index contributed by atoms with van der Waals surface area (Å²) in [4.78, 5) is 4.05. The summed E-state index contributed by atoms with van der Waals surface area (Å²) in [6, 6.07) is 15.2. The van der Waals surface area contributed by atoms with Gasteiger partial charge in [-0.1, -0.05) is 16.8 Å². The molecule has 0 N–H and O–H groups in total. The maximum absolute atomic E-state index is 5.86. The number of rotatable bonds is 5. The average Bonchev–Trinajstić information content (AvgIpc) is 3.34. The van der Waals surface area contributed by atoms with E-state index in [0.717, 1.165) is 22.8 Å². The number of imidazole rings is 1. The minimum absolute atomic E-state index is 0.342. The summed E-state index contributed by atoms with van der Waals surface area (Å²) in [6.07, 6.45) is 7.26. The molecule has 4 aromatic rings. The smallest absolute Gasteiger partial charge is 0.134 e. The van der Waals surface area contributed by atoms with Crippen molar-refractivity contribution in [3.05, 3.63) is 84.2 Å². The molecule has 0 radical (unpaired) electrons. The van der Waals surface area contributed by atoms with Crippen LogP contribution in [0.5, 0.6) is 5.75 Å². The number of hydrogen-bond donors (Lipinski definition) is 0. The molecule has 0 unspecified atom stereocenters. The van der Waals surface area contributed by atoms with Gasteiger partial charge in [-0.3, -0.25) is 0 Å². The van der Waals surface area contributed by atoms with Crippen LogP contribution in [0.25, 0.3) is 11.4 Å². The van der Waals surface area contributed by atoms with Gasteiger partial charge in [-0.05, 0) is 48.5 Å². The molecule has 0 spiro atoms. The third kappa shape index (κ3) is 3.54. The molecule has 0 saturated heterocycles. The Hall–Kier alpha value is -3.12. The monoisotopic (exact) mass is 351 g/mol. The first-order valence-corrected chi connectivity index (χ1v) is 8.04. The van der Waals surface area contributed by atoms with E-state index in [1.54, 1.807) is 29.3 Å². The van der Waals surface area contributed by atoms with Gasteiger partial charge in [-0.15, -0.1) is 5.10 Å². The molecular weight excluding hydrogens is 338 g/mol. The van der Waals surface area contributed by atoms with E-state index in [2.05, 4.69) is 15.3 Å². The lowest BCUT2D eigenvalue weighted by molar-refractivity contribution is 0.301.